The first kappa shape index (κ1) is 14.3. The lowest BCUT2D eigenvalue weighted by Crippen LogP contribution is -2.46. The minimum Gasteiger partial charge on any atom is -0.481 e. The van der Waals surface area contributed by atoms with Crippen molar-refractivity contribution in [1.29, 1.82) is 0 Å². The molecule has 3 nitrogen and oxygen atoms in total. The summed E-state index contributed by atoms with van der Waals surface area (Å²) in [6, 6.07) is 13.9. The summed E-state index contributed by atoms with van der Waals surface area (Å²) in [4.78, 5) is 15.6. The van der Waals surface area contributed by atoms with E-state index >= 15 is 0 Å². The van der Waals surface area contributed by atoms with E-state index in [0.717, 1.165) is 25.2 Å². The van der Waals surface area contributed by atoms with Crippen molar-refractivity contribution in [3.05, 3.63) is 58.3 Å². The van der Waals surface area contributed by atoms with Crippen LogP contribution in [0.4, 0.5) is 0 Å². The first-order valence-electron chi connectivity index (χ1n) is 7.24. The van der Waals surface area contributed by atoms with Crippen LogP contribution in [-0.2, 0) is 16.8 Å². The van der Waals surface area contributed by atoms with E-state index in [1.165, 1.54) is 4.88 Å². The Balaban J connectivity index is 1.73. The average molecular weight is 301 g/mol. The summed E-state index contributed by atoms with van der Waals surface area (Å²) in [5, 5.41) is 11.9. The molecule has 1 aliphatic rings. The van der Waals surface area contributed by atoms with Gasteiger partial charge in [0, 0.05) is 11.4 Å². The van der Waals surface area contributed by atoms with Gasteiger partial charge < -0.3 is 5.11 Å². The molecule has 0 bridgehead atoms. The van der Waals surface area contributed by atoms with Crippen molar-refractivity contribution >= 4 is 17.3 Å². The highest BCUT2D eigenvalue weighted by molar-refractivity contribution is 7.09. The molecule has 1 aliphatic heterocycles. The average Bonchev–Trinajstić information content (AvgIpc) is 3.02. The molecule has 1 aromatic heterocycles. The van der Waals surface area contributed by atoms with Crippen LogP contribution < -0.4 is 0 Å². The van der Waals surface area contributed by atoms with E-state index < -0.39 is 11.4 Å². The minimum atomic E-state index is -0.715. The molecule has 1 aromatic carbocycles. The second-order valence-corrected chi connectivity index (χ2v) is 6.64. The van der Waals surface area contributed by atoms with Crippen LogP contribution in [0, 0.1) is 0 Å². The van der Waals surface area contributed by atoms with Gasteiger partial charge >= 0.3 is 5.97 Å². The number of nitrogens with zero attached hydrogens (tertiary/aromatic N) is 1. The van der Waals surface area contributed by atoms with Gasteiger partial charge in [0.1, 0.15) is 0 Å². The van der Waals surface area contributed by atoms with Gasteiger partial charge in [-0.25, -0.2) is 0 Å². The Kier molecular flexibility index (Phi) is 4.08. The van der Waals surface area contributed by atoms with Crippen LogP contribution in [0.1, 0.15) is 23.3 Å². The quantitative estimate of drug-likeness (QED) is 0.941. The second-order valence-electron chi connectivity index (χ2n) is 5.61. The van der Waals surface area contributed by atoms with Crippen molar-refractivity contribution < 1.29 is 9.90 Å². The molecule has 0 unspecified atom stereocenters. The van der Waals surface area contributed by atoms with Crippen LogP contribution in [0.5, 0.6) is 0 Å². The summed E-state index contributed by atoms with van der Waals surface area (Å²) in [6.07, 6.45) is 1.36. The number of hydrogen-bond acceptors (Lipinski definition) is 3. The SMILES string of the molecule is O=C(O)C1(c2ccccc2)CCN(Cc2cccs2)CC1. The van der Waals surface area contributed by atoms with Gasteiger partial charge in [-0.1, -0.05) is 36.4 Å². The highest BCUT2D eigenvalue weighted by atomic mass is 32.1. The number of carboxylic acids is 1. The molecule has 110 valence electrons. The van der Waals surface area contributed by atoms with Crippen LogP contribution in [0.15, 0.2) is 47.8 Å². The van der Waals surface area contributed by atoms with Crippen molar-refractivity contribution in [2.75, 3.05) is 13.1 Å². The van der Waals surface area contributed by atoms with Crippen molar-refractivity contribution in [2.24, 2.45) is 0 Å². The van der Waals surface area contributed by atoms with E-state index in [-0.39, 0.29) is 0 Å². The lowest BCUT2D eigenvalue weighted by Gasteiger charge is -2.39. The highest BCUT2D eigenvalue weighted by Gasteiger charge is 2.42. The van der Waals surface area contributed by atoms with E-state index in [4.69, 9.17) is 0 Å². The summed E-state index contributed by atoms with van der Waals surface area (Å²) in [5.41, 5.74) is 0.223. The third-order valence-electron chi connectivity index (χ3n) is 4.40. The topological polar surface area (TPSA) is 40.5 Å². The van der Waals surface area contributed by atoms with Crippen LogP contribution in [-0.4, -0.2) is 29.1 Å². The molecule has 0 aliphatic carbocycles. The number of aliphatic carboxylic acids is 1. The van der Waals surface area contributed by atoms with Crippen molar-refractivity contribution in [1.82, 2.24) is 4.90 Å². The maximum atomic E-state index is 11.9. The molecule has 2 heterocycles. The number of piperidine rings is 1. The summed E-state index contributed by atoms with van der Waals surface area (Å²) in [7, 11) is 0. The van der Waals surface area contributed by atoms with Crippen LogP contribution in [0.2, 0.25) is 0 Å². The van der Waals surface area contributed by atoms with E-state index in [9.17, 15) is 9.90 Å². The fraction of sp³-hybridized carbons (Fsp3) is 0.353. The number of hydrogen-bond donors (Lipinski definition) is 1. The molecule has 1 fully saturated rings. The molecule has 21 heavy (non-hydrogen) atoms. The van der Waals surface area contributed by atoms with Gasteiger partial charge in [0.25, 0.3) is 0 Å². The third-order valence-corrected chi connectivity index (χ3v) is 5.27. The molecule has 2 aromatic rings. The fourth-order valence-electron chi connectivity index (χ4n) is 3.10. The highest BCUT2D eigenvalue weighted by Crippen LogP contribution is 2.36. The molecule has 3 rings (SSSR count). The number of carboxylic acid groups (broad SMARTS) is 1. The summed E-state index contributed by atoms with van der Waals surface area (Å²) < 4.78 is 0. The number of rotatable bonds is 4. The van der Waals surface area contributed by atoms with E-state index in [0.29, 0.717) is 12.8 Å². The zero-order chi connectivity index (χ0) is 14.7. The van der Waals surface area contributed by atoms with Crippen molar-refractivity contribution in [2.45, 2.75) is 24.8 Å². The largest absolute Gasteiger partial charge is 0.481 e. The zero-order valence-corrected chi connectivity index (χ0v) is 12.7. The Morgan fingerprint density at radius 3 is 2.43 bits per heavy atom. The van der Waals surface area contributed by atoms with Gasteiger partial charge in [-0.05, 0) is 42.9 Å². The standard InChI is InChI=1S/C17H19NO2S/c19-16(20)17(14-5-2-1-3-6-14)8-10-18(11-9-17)13-15-7-4-12-21-15/h1-7,12H,8-11,13H2,(H,19,20). The van der Waals surface area contributed by atoms with Gasteiger partial charge in [0.05, 0.1) is 5.41 Å². The molecule has 0 atom stereocenters. The Bertz CT molecular complexity index is 587. The smallest absolute Gasteiger partial charge is 0.314 e. The molecule has 1 saturated heterocycles. The predicted octanol–water partition coefficient (Wildman–Crippen LogP) is 3.37. The number of benzene rings is 1. The molecule has 0 radical (unpaired) electrons. The predicted molar refractivity (Wildman–Crippen MR) is 84.6 cm³/mol. The zero-order valence-electron chi connectivity index (χ0n) is 11.9. The molecule has 0 amide bonds. The second kappa shape index (κ2) is 6.00. The summed E-state index contributed by atoms with van der Waals surface area (Å²) in [5.74, 6) is -0.690. The van der Waals surface area contributed by atoms with Gasteiger partial charge in [-0.3, -0.25) is 9.69 Å². The van der Waals surface area contributed by atoms with Gasteiger partial charge in [0.15, 0.2) is 0 Å². The van der Waals surface area contributed by atoms with Crippen LogP contribution in [0.25, 0.3) is 0 Å². The van der Waals surface area contributed by atoms with E-state index in [1.54, 1.807) is 11.3 Å². The van der Waals surface area contributed by atoms with Gasteiger partial charge in [-0.15, -0.1) is 11.3 Å². The van der Waals surface area contributed by atoms with Crippen molar-refractivity contribution in [3.63, 3.8) is 0 Å². The van der Waals surface area contributed by atoms with E-state index in [2.05, 4.69) is 22.4 Å². The number of likely N-dealkylation sites (tertiary alicyclic amines) is 1. The number of carbonyl (C=O) groups is 1. The summed E-state index contributed by atoms with van der Waals surface area (Å²) >= 11 is 1.76. The molecule has 4 heteroatoms. The Labute approximate surface area is 128 Å². The Morgan fingerprint density at radius 2 is 1.86 bits per heavy atom. The monoisotopic (exact) mass is 301 g/mol. The molecule has 1 N–H and O–H groups in total. The summed E-state index contributed by atoms with van der Waals surface area (Å²) in [6.45, 7) is 2.60. The van der Waals surface area contributed by atoms with Crippen LogP contribution >= 0.6 is 11.3 Å². The van der Waals surface area contributed by atoms with Crippen LogP contribution in [0.3, 0.4) is 0 Å². The molecular weight excluding hydrogens is 282 g/mol. The third kappa shape index (κ3) is 2.87. The molecular formula is C17H19NO2S. The lowest BCUT2D eigenvalue weighted by molar-refractivity contribution is -0.146. The molecule has 0 saturated carbocycles. The lowest BCUT2D eigenvalue weighted by atomic mass is 9.73. The molecule has 0 spiro atoms. The Morgan fingerprint density at radius 1 is 1.14 bits per heavy atom. The van der Waals surface area contributed by atoms with Crippen molar-refractivity contribution in [3.8, 4) is 0 Å². The maximum Gasteiger partial charge on any atom is 0.314 e. The van der Waals surface area contributed by atoms with E-state index in [1.807, 2.05) is 30.3 Å². The maximum absolute atomic E-state index is 11.9. The fourth-order valence-corrected chi connectivity index (χ4v) is 3.85. The minimum absolute atomic E-state index is 0.678. The Hall–Kier alpha value is -1.65. The van der Waals surface area contributed by atoms with Gasteiger partial charge in [0.2, 0.25) is 0 Å². The number of thiophene rings is 1. The van der Waals surface area contributed by atoms with Gasteiger partial charge in [-0.2, -0.15) is 0 Å². The first-order chi connectivity index (χ1) is 10.2. The normalized spacial score (nSPS) is 18.5. The first-order valence-corrected chi connectivity index (χ1v) is 8.12.